The number of hydrogen-bond donors (Lipinski definition) is 0. The molecular formula is C9H10F2. The van der Waals surface area contributed by atoms with Gasteiger partial charge in [-0.15, -0.1) is 0 Å². The number of hydrogen-bond acceptors (Lipinski definition) is 0. The Bertz CT molecular complexity index is 248. The summed E-state index contributed by atoms with van der Waals surface area (Å²) in [5.74, 6) is -2.72. The van der Waals surface area contributed by atoms with Gasteiger partial charge in [0.15, 0.2) is 0 Å². The van der Waals surface area contributed by atoms with E-state index in [1.165, 1.54) is 6.07 Å². The van der Waals surface area contributed by atoms with Crippen LogP contribution >= 0.6 is 0 Å². The maximum Gasteiger partial charge on any atom is 0.270 e. The molecule has 11 heavy (non-hydrogen) atoms. The van der Waals surface area contributed by atoms with Crippen molar-refractivity contribution >= 4 is 0 Å². The van der Waals surface area contributed by atoms with Crippen molar-refractivity contribution in [3.63, 3.8) is 0 Å². The summed E-state index contributed by atoms with van der Waals surface area (Å²) in [7, 11) is 0. The van der Waals surface area contributed by atoms with E-state index in [4.69, 9.17) is 0 Å². The van der Waals surface area contributed by atoms with Gasteiger partial charge in [0.1, 0.15) is 0 Å². The van der Waals surface area contributed by atoms with Gasteiger partial charge in [0.25, 0.3) is 5.92 Å². The Labute approximate surface area is 64.9 Å². The minimum absolute atomic E-state index is 0.111. The molecule has 0 amide bonds. The monoisotopic (exact) mass is 156 g/mol. The maximum absolute atomic E-state index is 12.7. The van der Waals surface area contributed by atoms with Crippen molar-refractivity contribution in [2.75, 3.05) is 0 Å². The predicted molar refractivity (Wildman–Crippen MR) is 40.7 cm³/mol. The molecule has 0 saturated heterocycles. The third-order valence-electron chi connectivity index (χ3n) is 1.62. The van der Waals surface area contributed by atoms with Gasteiger partial charge in [-0.2, -0.15) is 0 Å². The van der Waals surface area contributed by atoms with Crippen molar-refractivity contribution in [2.24, 2.45) is 0 Å². The minimum atomic E-state index is -2.72. The van der Waals surface area contributed by atoms with Crippen LogP contribution in [0.25, 0.3) is 0 Å². The van der Waals surface area contributed by atoms with E-state index in [0.29, 0.717) is 5.56 Å². The Morgan fingerprint density at radius 1 is 1.18 bits per heavy atom. The van der Waals surface area contributed by atoms with Crippen LogP contribution in [0.15, 0.2) is 24.3 Å². The molecule has 0 atom stereocenters. The molecule has 60 valence electrons. The zero-order chi connectivity index (χ0) is 8.48. The highest BCUT2D eigenvalue weighted by Crippen LogP contribution is 2.28. The molecular weight excluding hydrogens is 146 g/mol. The maximum atomic E-state index is 12.7. The molecule has 0 N–H and O–H groups in total. The molecule has 0 saturated carbocycles. The van der Waals surface area contributed by atoms with Crippen molar-refractivity contribution in [1.29, 1.82) is 0 Å². The fourth-order valence-corrected chi connectivity index (χ4v) is 1.07. The van der Waals surface area contributed by atoms with Crippen LogP contribution in [0.2, 0.25) is 0 Å². The standard InChI is InChI=1S/C9H10F2/c1-7-5-3-4-6-8(7)9(2,10)11/h3-6H,1-2H3. The summed E-state index contributed by atoms with van der Waals surface area (Å²) >= 11 is 0. The Balaban J connectivity index is 3.14. The van der Waals surface area contributed by atoms with Crippen molar-refractivity contribution < 1.29 is 8.78 Å². The average Bonchev–Trinajstić information content (AvgIpc) is 1.86. The molecule has 1 rings (SSSR count). The number of aryl methyl sites for hydroxylation is 1. The quantitative estimate of drug-likeness (QED) is 0.586. The summed E-state index contributed by atoms with van der Waals surface area (Å²) < 4.78 is 25.4. The van der Waals surface area contributed by atoms with Crippen molar-refractivity contribution in [1.82, 2.24) is 0 Å². The lowest BCUT2D eigenvalue weighted by Gasteiger charge is -2.12. The number of halogens is 2. The summed E-state index contributed by atoms with van der Waals surface area (Å²) in [6, 6.07) is 6.52. The van der Waals surface area contributed by atoms with E-state index in [-0.39, 0.29) is 5.56 Å². The van der Waals surface area contributed by atoms with Gasteiger partial charge in [-0.1, -0.05) is 24.3 Å². The molecule has 0 spiro atoms. The van der Waals surface area contributed by atoms with Crippen LogP contribution in [0, 0.1) is 6.92 Å². The van der Waals surface area contributed by atoms with E-state index in [9.17, 15) is 8.78 Å². The van der Waals surface area contributed by atoms with Gasteiger partial charge in [0, 0.05) is 12.5 Å². The van der Waals surface area contributed by atoms with E-state index in [1.807, 2.05) is 0 Å². The number of alkyl halides is 2. The van der Waals surface area contributed by atoms with E-state index < -0.39 is 5.92 Å². The Hall–Kier alpha value is -0.920. The Morgan fingerprint density at radius 3 is 2.09 bits per heavy atom. The smallest absolute Gasteiger partial charge is 0.202 e. The lowest BCUT2D eigenvalue weighted by atomic mass is 10.0. The third kappa shape index (κ3) is 1.76. The molecule has 0 aliphatic heterocycles. The molecule has 0 bridgehead atoms. The zero-order valence-corrected chi connectivity index (χ0v) is 6.57. The Morgan fingerprint density at radius 2 is 1.73 bits per heavy atom. The first-order valence-corrected chi connectivity index (χ1v) is 3.46. The van der Waals surface area contributed by atoms with Gasteiger partial charge in [0.05, 0.1) is 0 Å². The van der Waals surface area contributed by atoms with Crippen LogP contribution in [0.1, 0.15) is 18.1 Å². The molecule has 1 aromatic rings. The summed E-state index contributed by atoms with van der Waals surface area (Å²) in [5, 5.41) is 0. The second-order valence-corrected chi connectivity index (χ2v) is 2.70. The molecule has 0 nitrogen and oxygen atoms in total. The van der Waals surface area contributed by atoms with Gasteiger partial charge in [0.2, 0.25) is 0 Å². The van der Waals surface area contributed by atoms with Crippen LogP contribution in [-0.4, -0.2) is 0 Å². The summed E-state index contributed by atoms with van der Waals surface area (Å²) in [4.78, 5) is 0. The van der Waals surface area contributed by atoms with Crippen molar-refractivity contribution in [3.05, 3.63) is 35.4 Å². The van der Waals surface area contributed by atoms with Gasteiger partial charge >= 0.3 is 0 Å². The Kier molecular flexibility index (Phi) is 1.94. The lowest BCUT2D eigenvalue weighted by molar-refractivity contribution is 0.0168. The zero-order valence-electron chi connectivity index (χ0n) is 6.57. The highest BCUT2D eigenvalue weighted by atomic mass is 19.3. The predicted octanol–water partition coefficient (Wildman–Crippen LogP) is 3.11. The largest absolute Gasteiger partial charge is 0.270 e. The van der Waals surface area contributed by atoms with Crippen LogP contribution in [0.5, 0.6) is 0 Å². The first-order chi connectivity index (χ1) is 5.02. The first-order valence-electron chi connectivity index (χ1n) is 3.46. The van der Waals surface area contributed by atoms with Crippen LogP contribution in [0.3, 0.4) is 0 Å². The van der Waals surface area contributed by atoms with E-state index in [2.05, 4.69) is 0 Å². The molecule has 0 aliphatic rings. The summed E-state index contributed by atoms with van der Waals surface area (Å²) in [6.07, 6.45) is 0. The molecule has 0 aromatic heterocycles. The van der Waals surface area contributed by atoms with Crippen LogP contribution < -0.4 is 0 Å². The second kappa shape index (κ2) is 2.61. The van der Waals surface area contributed by atoms with Gasteiger partial charge in [-0.3, -0.25) is 0 Å². The summed E-state index contributed by atoms with van der Waals surface area (Å²) in [6.45, 7) is 2.60. The third-order valence-corrected chi connectivity index (χ3v) is 1.62. The highest BCUT2D eigenvalue weighted by Gasteiger charge is 2.25. The summed E-state index contributed by atoms with van der Waals surface area (Å²) in [5.41, 5.74) is 0.750. The lowest BCUT2D eigenvalue weighted by Crippen LogP contribution is -2.08. The van der Waals surface area contributed by atoms with E-state index in [1.54, 1.807) is 25.1 Å². The first kappa shape index (κ1) is 8.18. The van der Waals surface area contributed by atoms with Gasteiger partial charge < -0.3 is 0 Å². The molecule has 0 fully saturated rings. The molecule has 0 aliphatic carbocycles. The molecule has 2 heteroatoms. The van der Waals surface area contributed by atoms with Gasteiger partial charge in [-0.25, -0.2) is 8.78 Å². The van der Waals surface area contributed by atoms with Gasteiger partial charge in [-0.05, 0) is 12.5 Å². The van der Waals surface area contributed by atoms with Crippen LogP contribution in [-0.2, 0) is 5.92 Å². The fourth-order valence-electron chi connectivity index (χ4n) is 1.07. The topological polar surface area (TPSA) is 0 Å². The minimum Gasteiger partial charge on any atom is -0.202 e. The highest BCUT2D eigenvalue weighted by molar-refractivity contribution is 5.28. The fraction of sp³-hybridized carbons (Fsp3) is 0.333. The van der Waals surface area contributed by atoms with E-state index in [0.717, 1.165) is 6.92 Å². The molecule has 1 aromatic carbocycles. The molecule has 0 heterocycles. The second-order valence-electron chi connectivity index (χ2n) is 2.70. The molecule has 0 unspecified atom stereocenters. The number of benzene rings is 1. The SMILES string of the molecule is Cc1ccccc1C(C)(F)F. The number of rotatable bonds is 1. The van der Waals surface area contributed by atoms with E-state index >= 15 is 0 Å². The van der Waals surface area contributed by atoms with Crippen molar-refractivity contribution in [2.45, 2.75) is 19.8 Å². The van der Waals surface area contributed by atoms with Crippen molar-refractivity contribution in [3.8, 4) is 0 Å². The average molecular weight is 156 g/mol. The van der Waals surface area contributed by atoms with Crippen LogP contribution in [0.4, 0.5) is 8.78 Å². The normalized spacial score (nSPS) is 11.6. The molecule has 0 radical (unpaired) electrons.